The molecule has 0 bridgehead atoms. The molecule has 1 aliphatic heterocycles. The van der Waals surface area contributed by atoms with Crippen LogP contribution in [0.5, 0.6) is 0 Å². The Balaban J connectivity index is 2.80. The lowest BCUT2D eigenvalue weighted by molar-refractivity contribution is -0.809. The van der Waals surface area contributed by atoms with Crippen LogP contribution in [0, 0.1) is 20.2 Å². The van der Waals surface area contributed by atoms with Crippen molar-refractivity contribution in [2.24, 2.45) is 0 Å². The summed E-state index contributed by atoms with van der Waals surface area (Å²) in [6, 6.07) is 0. The lowest BCUT2D eigenvalue weighted by atomic mass is 10.0. The molecule has 0 saturated carbocycles. The summed E-state index contributed by atoms with van der Waals surface area (Å²) >= 11 is 2.78. The van der Waals surface area contributed by atoms with Gasteiger partial charge in [0.2, 0.25) is 0 Å². The summed E-state index contributed by atoms with van der Waals surface area (Å²) in [6.07, 6.45) is 0. The van der Waals surface area contributed by atoms with Crippen molar-refractivity contribution in [3.8, 4) is 0 Å². The zero-order valence-corrected chi connectivity index (χ0v) is 8.26. The van der Waals surface area contributed by atoms with E-state index in [1.54, 1.807) is 0 Å². The molecule has 1 fully saturated rings. The summed E-state index contributed by atoms with van der Waals surface area (Å²) in [4.78, 5) is 30.2. The monoisotopic (exact) mass is 265 g/mol. The van der Waals surface area contributed by atoms with Crippen LogP contribution < -0.4 is 0 Å². The maximum Gasteiger partial charge on any atom is 0.491 e. The van der Waals surface area contributed by atoms with Gasteiger partial charge in [0.05, 0.1) is 0 Å². The predicted molar refractivity (Wildman–Crippen MR) is 46.4 cm³/mol. The van der Waals surface area contributed by atoms with Gasteiger partial charge >= 0.3 is 5.66 Å². The van der Waals surface area contributed by atoms with Crippen LogP contribution >= 0.6 is 15.9 Å². The highest BCUT2D eigenvalue weighted by Gasteiger charge is 2.66. The third-order valence-corrected chi connectivity index (χ3v) is 2.59. The fourth-order valence-electron chi connectivity index (χ4n) is 1.07. The molecular formula is C5H4BrN3O5. The number of halogens is 1. The van der Waals surface area contributed by atoms with E-state index in [-0.39, 0.29) is 4.61 Å². The Hall–Kier alpha value is -1.47. The number of nitro groups is 2. The summed E-state index contributed by atoms with van der Waals surface area (Å²) in [7, 11) is 0. The van der Waals surface area contributed by atoms with Gasteiger partial charge in [-0.05, 0) is 15.9 Å². The molecule has 76 valence electrons. The highest BCUT2D eigenvalue weighted by molar-refractivity contribution is 9.11. The molecule has 0 radical (unpaired) electrons. The van der Waals surface area contributed by atoms with E-state index in [9.17, 15) is 25.0 Å². The van der Waals surface area contributed by atoms with Crippen LogP contribution in [-0.2, 0) is 4.79 Å². The predicted octanol–water partition coefficient (Wildman–Crippen LogP) is -0.380. The van der Waals surface area contributed by atoms with Crippen molar-refractivity contribution in [3.05, 3.63) is 24.8 Å². The Morgan fingerprint density at radius 1 is 1.36 bits per heavy atom. The average molecular weight is 266 g/mol. The van der Waals surface area contributed by atoms with Crippen LogP contribution in [0.1, 0.15) is 0 Å². The van der Waals surface area contributed by atoms with Gasteiger partial charge in [0.1, 0.15) is 9.85 Å². The second-order valence-corrected chi connectivity index (χ2v) is 3.50. The van der Waals surface area contributed by atoms with Gasteiger partial charge in [0, 0.05) is 0 Å². The molecule has 1 saturated heterocycles. The molecule has 8 nitrogen and oxygen atoms in total. The van der Waals surface area contributed by atoms with Crippen LogP contribution in [0.15, 0.2) is 4.61 Å². The first-order valence-corrected chi connectivity index (χ1v) is 4.18. The van der Waals surface area contributed by atoms with Crippen molar-refractivity contribution < 1.29 is 14.6 Å². The normalized spacial score (nSPS) is 17.9. The molecule has 0 aliphatic carbocycles. The smallest absolute Gasteiger partial charge is 0.329 e. The minimum absolute atomic E-state index is 0.0446. The number of nitrogens with zero attached hydrogens (tertiary/aromatic N) is 3. The third kappa shape index (κ3) is 1.36. The molecule has 0 aromatic carbocycles. The fraction of sp³-hybridized carbons (Fsp3) is 0.600. The van der Waals surface area contributed by atoms with E-state index < -0.39 is 28.6 Å². The molecule has 0 aromatic rings. The molecule has 9 heteroatoms. The molecule has 0 aromatic heterocycles. The zero-order valence-electron chi connectivity index (χ0n) is 6.68. The number of hydrogen-bond donors (Lipinski definition) is 0. The SMILES string of the molecule is O=C=C(Br)N1CC([N+](=O)[O-])([N+](=O)[O-])C1. The molecule has 0 N–H and O–H groups in total. The standard InChI is InChI=1S/C5H4BrN3O5/c6-4(1-10)7-2-5(3-7,8(11)12)9(13)14/h2-3H2. The minimum Gasteiger partial charge on any atom is -0.329 e. The molecule has 0 amide bonds. The lowest BCUT2D eigenvalue weighted by Gasteiger charge is -2.35. The third-order valence-electron chi connectivity index (χ3n) is 1.93. The molecule has 1 rings (SSSR count). The van der Waals surface area contributed by atoms with Gasteiger partial charge in [-0.25, -0.2) is 4.79 Å². The van der Waals surface area contributed by atoms with Crippen LogP contribution in [0.2, 0.25) is 0 Å². The van der Waals surface area contributed by atoms with E-state index in [1.807, 2.05) is 0 Å². The molecular weight excluding hydrogens is 262 g/mol. The van der Waals surface area contributed by atoms with Gasteiger partial charge in [-0.15, -0.1) is 0 Å². The van der Waals surface area contributed by atoms with E-state index in [4.69, 9.17) is 0 Å². The van der Waals surface area contributed by atoms with Crippen molar-refractivity contribution >= 4 is 21.9 Å². The van der Waals surface area contributed by atoms with Crippen molar-refractivity contribution in [2.45, 2.75) is 5.66 Å². The maximum atomic E-state index is 10.4. The number of hydrogen-bond acceptors (Lipinski definition) is 6. The summed E-state index contributed by atoms with van der Waals surface area (Å²) in [6.45, 7) is -0.856. The summed E-state index contributed by atoms with van der Waals surface area (Å²) < 4.78 is -0.0446. The Labute approximate surface area is 85.6 Å². The van der Waals surface area contributed by atoms with Crippen LogP contribution in [0.25, 0.3) is 0 Å². The Kier molecular flexibility index (Phi) is 2.54. The second-order valence-electron chi connectivity index (χ2n) is 2.75. The highest BCUT2D eigenvalue weighted by Crippen LogP contribution is 2.29. The number of rotatable bonds is 3. The van der Waals surface area contributed by atoms with E-state index >= 15 is 0 Å². The van der Waals surface area contributed by atoms with Gasteiger partial charge in [-0.3, -0.25) is 20.2 Å². The van der Waals surface area contributed by atoms with Gasteiger partial charge < -0.3 is 4.90 Å². The minimum atomic E-state index is -2.18. The highest BCUT2D eigenvalue weighted by atomic mass is 79.9. The molecule has 1 aliphatic rings. The van der Waals surface area contributed by atoms with Crippen LogP contribution in [-0.4, -0.2) is 39.4 Å². The molecule has 1 heterocycles. The number of likely N-dealkylation sites (tertiary alicyclic amines) is 1. The molecule has 0 spiro atoms. The maximum absolute atomic E-state index is 10.4. The molecule has 14 heavy (non-hydrogen) atoms. The Morgan fingerprint density at radius 3 is 2.07 bits per heavy atom. The summed E-state index contributed by atoms with van der Waals surface area (Å²) in [5.41, 5.74) is -2.18. The topological polar surface area (TPSA) is 107 Å². The van der Waals surface area contributed by atoms with Gasteiger partial charge in [0.25, 0.3) is 0 Å². The van der Waals surface area contributed by atoms with Gasteiger partial charge in [-0.2, -0.15) is 0 Å². The van der Waals surface area contributed by atoms with Crippen molar-refractivity contribution in [2.75, 3.05) is 13.1 Å². The first kappa shape index (κ1) is 10.6. The first-order valence-electron chi connectivity index (χ1n) is 3.38. The summed E-state index contributed by atoms with van der Waals surface area (Å²) in [5, 5.41) is 20.8. The quantitative estimate of drug-likeness (QED) is 0.226. The van der Waals surface area contributed by atoms with E-state index in [0.717, 1.165) is 0 Å². The first-order chi connectivity index (χ1) is 6.44. The average Bonchev–Trinajstić information content (AvgIpc) is 2.00. The van der Waals surface area contributed by atoms with Crippen LogP contribution in [0.3, 0.4) is 0 Å². The van der Waals surface area contributed by atoms with Crippen molar-refractivity contribution in [1.29, 1.82) is 0 Å². The van der Waals surface area contributed by atoms with Crippen molar-refractivity contribution in [3.63, 3.8) is 0 Å². The molecule has 0 unspecified atom stereocenters. The van der Waals surface area contributed by atoms with E-state index in [2.05, 4.69) is 15.9 Å². The second kappa shape index (κ2) is 3.35. The van der Waals surface area contributed by atoms with E-state index in [1.165, 1.54) is 10.8 Å². The fourth-order valence-corrected chi connectivity index (χ4v) is 1.32. The van der Waals surface area contributed by atoms with Gasteiger partial charge in [0.15, 0.2) is 23.6 Å². The Morgan fingerprint density at radius 2 is 1.79 bits per heavy atom. The van der Waals surface area contributed by atoms with Crippen LogP contribution in [0.4, 0.5) is 0 Å². The summed E-state index contributed by atoms with van der Waals surface area (Å²) in [5.74, 6) is 1.45. The zero-order chi connectivity index (χ0) is 10.9. The molecule has 0 atom stereocenters. The largest absolute Gasteiger partial charge is 0.491 e. The lowest BCUT2D eigenvalue weighted by Crippen LogP contribution is -2.69. The number of carbonyl (C=O) groups excluding carboxylic acids is 1. The van der Waals surface area contributed by atoms with Crippen molar-refractivity contribution in [1.82, 2.24) is 4.90 Å². The van der Waals surface area contributed by atoms with Gasteiger partial charge in [-0.1, -0.05) is 0 Å². The Bertz CT molecular complexity index is 327. The van der Waals surface area contributed by atoms with E-state index in [0.29, 0.717) is 0 Å².